The molecule has 1 aromatic rings. The molecule has 2 nitrogen and oxygen atoms in total. The van der Waals surface area contributed by atoms with Crippen molar-refractivity contribution in [3.8, 4) is 0 Å². The number of rotatable bonds is 2. The Bertz CT molecular complexity index is 243. The van der Waals surface area contributed by atoms with Crippen LogP contribution in [0, 0.1) is 5.82 Å². The van der Waals surface area contributed by atoms with Crippen molar-refractivity contribution < 1.29 is 4.39 Å². The molecule has 65 valence electrons. The van der Waals surface area contributed by atoms with E-state index < -0.39 is 6.17 Å². The zero-order chi connectivity index (χ0) is 9.14. The molecule has 0 amide bonds. The molecule has 0 fully saturated rings. The molecule has 0 saturated heterocycles. The third kappa shape index (κ3) is 2.03. The second kappa shape index (κ2) is 3.65. The fourth-order valence-corrected chi connectivity index (χ4v) is 0.943. The summed E-state index contributed by atoms with van der Waals surface area (Å²) < 4.78 is 12.5. The Balaban J connectivity index is 2.82. The standard InChI is InChI=1S/C9H12FN2/c1-12(2)9(11)7-3-5-8(10)6-4-7/h3-6,9,11H,1-2H3. The molecular formula is C9H12FN2. The normalized spacial score (nSPS) is 13.4. The van der Waals surface area contributed by atoms with Crippen molar-refractivity contribution in [3.63, 3.8) is 0 Å². The van der Waals surface area contributed by atoms with Crippen LogP contribution in [-0.4, -0.2) is 19.0 Å². The van der Waals surface area contributed by atoms with E-state index >= 15 is 0 Å². The fraction of sp³-hybridized carbons (Fsp3) is 0.333. The highest BCUT2D eigenvalue weighted by molar-refractivity contribution is 5.18. The SMILES string of the molecule is CN(C)C([NH])c1ccc(F)cc1. The molecular weight excluding hydrogens is 155 g/mol. The minimum Gasteiger partial charge on any atom is -0.289 e. The van der Waals surface area contributed by atoms with E-state index in [-0.39, 0.29) is 5.82 Å². The van der Waals surface area contributed by atoms with Crippen molar-refractivity contribution in [2.45, 2.75) is 6.17 Å². The first-order chi connectivity index (χ1) is 5.61. The van der Waals surface area contributed by atoms with E-state index in [2.05, 4.69) is 0 Å². The quantitative estimate of drug-likeness (QED) is 0.658. The molecule has 1 aromatic carbocycles. The van der Waals surface area contributed by atoms with E-state index in [1.165, 1.54) is 12.1 Å². The predicted octanol–water partition coefficient (Wildman–Crippen LogP) is 1.67. The Morgan fingerprint density at radius 1 is 1.25 bits per heavy atom. The van der Waals surface area contributed by atoms with Crippen LogP contribution in [0.15, 0.2) is 24.3 Å². The highest BCUT2D eigenvalue weighted by Gasteiger charge is 2.07. The van der Waals surface area contributed by atoms with Gasteiger partial charge in [0.15, 0.2) is 0 Å². The van der Waals surface area contributed by atoms with E-state index in [1.807, 2.05) is 14.1 Å². The third-order valence-electron chi connectivity index (χ3n) is 1.70. The molecule has 12 heavy (non-hydrogen) atoms. The smallest absolute Gasteiger partial charge is 0.123 e. The zero-order valence-corrected chi connectivity index (χ0v) is 7.21. The minimum atomic E-state index is -0.411. The highest BCUT2D eigenvalue weighted by Crippen LogP contribution is 2.13. The Labute approximate surface area is 71.8 Å². The summed E-state index contributed by atoms with van der Waals surface area (Å²) in [6, 6.07) is 6.01. The molecule has 0 aliphatic carbocycles. The molecule has 0 aliphatic rings. The van der Waals surface area contributed by atoms with Crippen molar-refractivity contribution in [2.24, 2.45) is 0 Å². The number of nitrogens with one attached hydrogen (secondary N) is 1. The van der Waals surface area contributed by atoms with Gasteiger partial charge in [0.1, 0.15) is 5.82 Å². The summed E-state index contributed by atoms with van der Waals surface area (Å²) in [5.41, 5.74) is 8.45. The average Bonchev–Trinajstić information content (AvgIpc) is 2.04. The molecule has 0 aliphatic heterocycles. The number of hydrogen-bond donors (Lipinski definition) is 0. The van der Waals surface area contributed by atoms with Crippen LogP contribution in [-0.2, 0) is 0 Å². The van der Waals surface area contributed by atoms with Crippen molar-refractivity contribution >= 4 is 0 Å². The maximum Gasteiger partial charge on any atom is 0.123 e. The van der Waals surface area contributed by atoms with Crippen LogP contribution in [0.2, 0.25) is 0 Å². The van der Waals surface area contributed by atoms with E-state index in [1.54, 1.807) is 17.0 Å². The predicted molar refractivity (Wildman–Crippen MR) is 45.9 cm³/mol. The molecule has 0 saturated carbocycles. The Hall–Kier alpha value is -0.930. The van der Waals surface area contributed by atoms with Gasteiger partial charge in [-0.3, -0.25) is 4.90 Å². The second-order valence-corrected chi connectivity index (χ2v) is 2.92. The van der Waals surface area contributed by atoms with Crippen molar-refractivity contribution in [1.29, 1.82) is 0 Å². The summed E-state index contributed by atoms with van der Waals surface area (Å²) >= 11 is 0. The van der Waals surface area contributed by atoms with Gasteiger partial charge in [-0.25, -0.2) is 10.1 Å². The topological polar surface area (TPSA) is 27.0 Å². The van der Waals surface area contributed by atoms with Gasteiger partial charge in [-0.15, -0.1) is 0 Å². The maximum atomic E-state index is 12.5. The van der Waals surface area contributed by atoms with Gasteiger partial charge < -0.3 is 0 Å². The van der Waals surface area contributed by atoms with Gasteiger partial charge in [-0.05, 0) is 31.8 Å². The lowest BCUT2D eigenvalue weighted by Crippen LogP contribution is -2.20. The van der Waals surface area contributed by atoms with E-state index in [9.17, 15) is 4.39 Å². The lowest BCUT2D eigenvalue weighted by atomic mass is 10.1. The molecule has 1 radical (unpaired) electrons. The largest absolute Gasteiger partial charge is 0.289 e. The number of hydrogen-bond acceptors (Lipinski definition) is 1. The number of benzene rings is 1. The summed E-state index contributed by atoms with van der Waals surface area (Å²) in [7, 11) is 3.64. The minimum absolute atomic E-state index is 0.260. The van der Waals surface area contributed by atoms with Crippen LogP contribution >= 0.6 is 0 Å². The Morgan fingerprint density at radius 2 is 1.75 bits per heavy atom. The monoisotopic (exact) mass is 167 g/mol. The molecule has 0 aromatic heterocycles. The van der Waals surface area contributed by atoms with Gasteiger partial charge in [-0.1, -0.05) is 12.1 Å². The third-order valence-corrected chi connectivity index (χ3v) is 1.70. The Morgan fingerprint density at radius 3 is 2.17 bits per heavy atom. The zero-order valence-electron chi connectivity index (χ0n) is 7.21. The van der Waals surface area contributed by atoms with Crippen molar-refractivity contribution in [1.82, 2.24) is 10.6 Å². The summed E-state index contributed by atoms with van der Waals surface area (Å²) in [6.07, 6.45) is -0.411. The molecule has 1 rings (SSSR count). The lowest BCUT2D eigenvalue weighted by Gasteiger charge is -2.18. The first-order valence-corrected chi connectivity index (χ1v) is 3.74. The lowest BCUT2D eigenvalue weighted by molar-refractivity contribution is 0.298. The molecule has 3 heteroatoms. The van der Waals surface area contributed by atoms with Gasteiger partial charge in [0.2, 0.25) is 0 Å². The number of halogens is 1. The van der Waals surface area contributed by atoms with E-state index in [0.717, 1.165) is 5.56 Å². The summed E-state index contributed by atoms with van der Waals surface area (Å²) in [5.74, 6) is -0.260. The van der Waals surface area contributed by atoms with Gasteiger partial charge >= 0.3 is 0 Å². The average molecular weight is 167 g/mol. The van der Waals surface area contributed by atoms with E-state index in [4.69, 9.17) is 5.73 Å². The van der Waals surface area contributed by atoms with Crippen molar-refractivity contribution in [3.05, 3.63) is 35.6 Å². The molecule has 0 heterocycles. The van der Waals surface area contributed by atoms with Crippen molar-refractivity contribution in [2.75, 3.05) is 14.1 Å². The van der Waals surface area contributed by atoms with Crippen LogP contribution < -0.4 is 5.73 Å². The number of nitrogens with zero attached hydrogens (tertiary/aromatic N) is 1. The molecule has 1 atom stereocenters. The van der Waals surface area contributed by atoms with E-state index in [0.29, 0.717) is 0 Å². The van der Waals surface area contributed by atoms with Gasteiger partial charge in [-0.2, -0.15) is 0 Å². The van der Waals surface area contributed by atoms with Crippen LogP contribution in [0.5, 0.6) is 0 Å². The van der Waals surface area contributed by atoms with Crippen LogP contribution in [0.3, 0.4) is 0 Å². The first-order valence-electron chi connectivity index (χ1n) is 3.74. The molecule has 1 unspecified atom stereocenters. The molecule has 1 N–H and O–H groups in total. The van der Waals surface area contributed by atoms with Crippen LogP contribution in [0.25, 0.3) is 0 Å². The summed E-state index contributed by atoms with van der Waals surface area (Å²) in [5, 5.41) is 0. The van der Waals surface area contributed by atoms with Gasteiger partial charge in [0.25, 0.3) is 0 Å². The van der Waals surface area contributed by atoms with Crippen LogP contribution in [0.1, 0.15) is 11.7 Å². The fourth-order valence-electron chi connectivity index (χ4n) is 0.943. The van der Waals surface area contributed by atoms with Gasteiger partial charge in [0, 0.05) is 0 Å². The molecule has 0 spiro atoms. The summed E-state index contributed by atoms with van der Waals surface area (Å²) in [4.78, 5) is 1.76. The summed E-state index contributed by atoms with van der Waals surface area (Å²) in [6.45, 7) is 0. The highest BCUT2D eigenvalue weighted by atomic mass is 19.1. The maximum absolute atomic E-state index is 12.5. The second-order valence-electron chi connectivity index (χ2n) is 2.92. The Kier molecular flexibility index (Phi) is 2.78. The molecule has 0 bridgehead atoms. The van der Waals surface area contributed by atoms with Gasteiger partial charge in [0.05, 0.1) is 6.17 Å². The first kappa shape index (κ1) is 9.16. The van der Waals surface area contributed by atoms with Crippen LogP contribution in [0.4, 0.5) is 4.39 Å².